The van der Waals surface area contributed by atoms with Crippen LogP contribution in [0, 0.1) is 0 Å². The molecule has 2 N–H and O–H groups in total. The molecule has 0 aliphatic carbocycles. The van der Waals surface area contributed by atoms with Crippen LogP contribution in [-0.2, 0) is 0 Å². The first kappa shape index (κ1) is 7.00. The number of anilines is 1. The molecule has 0 bridgehead atoms. The maximum atomic E-state index is 5.62. The lowest BCUT2D eigenvalue weighted by Gasteiger charge is -2.05. The van der Waals surface area contributed by atoms with Gasteiger partial charge in [-0.25, -0.2) is 0 Å². The maximum Gasteiger partial charge on any atom is 0.146 e. The van der Waals surface area contributed by atoms with Crippen molar-refractivity contribution in [3.8, 4) is 5.75 Å². The van der Waals surface area contributed by atoms with Crippen LogP contribution in [-0.4, -0.2) is 15.0 Å². The van der Waals surface area contributed by atoms with Crippen LogP contribution in [0.15, 0.2) is 18.2 Å². The maximum absolute atomic E-state index is 5.62. The third-order valence-electron chi connectivity index (χ3n) is 1.55. The Labute approximate surface area is 61.4 Å². The summed E-state index contributed by atoms with van der Waals surface area (Å²) in [6.07, 6.45) is 0. The van der Waals surface area contributed by atoms with Crippen molar-refractivity contribution >= 4 is 19.0 Å². The summed E-state index contributed by atoms with van der Waals surface area (Å²) in [7, 11) is 3.58. The molecule has 3 heteroatoms. The number of rotatable bonds is 1. The van der Waals surface area contributed by atoms with E-state index >= 15 is 0 Å². The van der Waals surface area contributed by atoms with Crippen LogP contribution in [0.3, 0.4) is 0 Å². The number of methoxy groups -OCH3 is 1. The summed E-state index contributed by atoms with van der Waals surface area (Å²) in [6, 6.07) is 5.63. The van der Waals surface area contributed by atoms with Crippen LogP contribution >= 0.6 is 0 Å². The van der Waals surface area contributed by atoms with E-state index in [9.17, 15) is 0 Å². The van der Waals surface area contributed by atoms with E-state index in [2.05, 4.69) is 0 Å². The molecule has 52 valence electrons. The Morgan fingerprint density at radius 1 is 1.50 bits per heavy atom. The minimum absolute atomic E-state index is 0.777. The molecule has 0 saturated carbocycles. The fourth-order valence-electron chi connectivity index (χ4n) is 0.853. The fourth-order valence-corrected chi connectivity index (χ4v) is 0.853. The largest absolute Gasteiger partial charge is 0.497 e. The van der Waals surface area contributed by atoms with Gasteiger partial charge < -0.3 is 10.5 Å². The van der Waals surface area contributed by atoms with Crippen LogP contribution in [0.2, 0.25) is 0 Å². The number of nitrogen functional groups attached to an aromatic ring is 1. The van der Waals surface area contributed by atoms with Gasteiger partial charge in [-0.2, -0.15) is 0 Å². The summed E-state index contributed by atoms with van der Waals surface area (Å²) >= 11 is 0. The molecule has 0 unspecified atom stereocenters. The molecule has 10 heavy (non-hydrogen) atoms. The molecule has 0 amide bonds. The monoisotopic (exact) mass is 135 g/mol. The highest BCUT2D eigenvalue weighted by Crippen LogP contribution is 2.08. The average molecular weight is 135 g/mol. The van der Waals surface area contributed by atoms with E-state index < -0.39 is 0 Å². The lowest BCUT2D eigenvalue weighted by atomic mass is 9.93. The first-order valence-corrected chi connectivity index (χ1v) is 3.15. The minimum atomic E-state index is 0.777. The molecule has 0 heterocycles. The Morgan fingerprint density at radius 2 is 2.20 bits per heavy atom. The van der Waals surface area contributed by atoms with Gasteiger partial charge in [0.15, 0.2) is 0 Å². The lowest BCUT2D eigenvalue weighted by Crippen LogP contribution is -2.12. The second-order valence-electron chi connectivity index (χ2n) is 2.17. The van der Waals surface area contributed by atoms with Crippen molar-refractivity contribution in [2.24, 2.45) is 0 Å². The highest BCUT2D eigenvalue weighted by Gasteiger charge is 1.97. The Kier molecular flexibility index (Phi) is 1.85. The molecule has 0 spiro atoms. The van der Waals surface area contributed by atoms with Gasteiger partial charge in [0.05, 0.1) is 7.11 Å². The topological polar surface area (TPSA) is 35.2 Å². The lowest BCUT2D eigenvalue weighted by molar-refractivity contribution is 0.418. The summed E-state index contributed by atoms with van der Waals surface area (Å²) in [6.45, 7) is 0. The molecular formula is C7H10BNO. The van der Waals surface area contributed by atoms with E-state index in [0.717, 1.165) is 16.9 Å². The van der Waals surface area contributed by atoms with E-state index in [0.29, 0.717) is 0 Å². The third-order valence-corrected chi connectivity index (χ3v) is 1.55. The van der Waals surface area contributed by atoms with Crippen molar-refractivity contribution in [3.05, 3.63) is 18.2 Å². The molecular weight excluding hydrogens is 125 g/mol. The highest BCUT2D eigenvalue weighted by molar-refractivity contribution is 6.37. The molecule has 0 aliphatic heterocycles. The molecule has 0 radical (unpaired) electrons. The van der Waals surface area contributed by atoms with Gasteiger partial charge in [0.2, 0.25) is 0 Å². The molecule has 0 aromatic heterocycles. The van der Waals surface area contributed by atoms with Crippen molar-refractivity contribution in [1.29, 1.82) is 0 Å². The number of ether oxygens (including phenoxy) is 1. The Bertz CT molecular complexity index is 237. The Morgan fingerprint density at radius 3 is 2.70 bits per heavy atom. The van der Waals surface area contributed by atoms with Crippen molar-refractivity contribution in [3.63, 3.8) is 0 Å². The molecule has 0 aliphatic rings. The fraction of sp³-hybridized carbons (Fsp3) is 0.143. The normalized spacial score (nSPS) is 9.30. The van der Waals surface area contributed by atoms with E-state index in [1.165, 1.54) is 0 Å². The number of benzene rings is 1. The summed E-state index contributed by atoms with van der Waals surface area (Å²) in [5.74, 6) is 0.847. The van der Waals surface area contributed by atoms with Gasteiger partial charge in [-0.1, -0.05) is 6.07 Å². The molecule has 0 atom stereocenters. The second-order valence-corrected chi connectivity index (χ2v) is 2.17. The quantitative estimate of drug-likeness (QED) is 0.417. The van der Waals surface area contributed by atoms with E-state index in [1.54, 1.807) is 7.11 Å². The van der Waals surface area contributed by atoms with E-state index in [-0.39, 0.29) is 0 Å². The summed E-state index contributed by atoms with van der Waals surface area (Å²) in [5.41, 5.74) is 7.40. The Balaban J connectivity index is 3.14. The number of nitrogens with two attached hydrogens (primary N) is 1. The number of hydrogen-bond acceptors (Lipinski definition) is 2. The zero-order valence-corrected chi connectivity index (χ0v) is 6.22. The zero-order valence-electron chi connectivity index (χ0n) is 6.22. The minimum Gasteiger partial charge on any atom is -0.497 e. The van der Waals surface area contributed by atoms with Crippen LogP contribution < -0.4 is 15.9 Å². The van der Waals surface area contributed by atoms with Crippen LogP contribution in [0.25, 0.3) is 0 Å². The second kappa shape index (κ2) is 2.65. The average Bonchev–Trinajstić information content (AvgIpc) is 1.95. The van der Waals surface area contributed by atoms with Gasteiger partial charge in [-0.05, 0) is 17.6 Å². The summed E-state index contributed by atoms with van der Waals surface area (Å²) in [5, 5.41) is 0. The summed E-state index contributed by atoms with van der Waals surface area (Å²) in [4.78, 5) is 0. The molecule has 1 rings (SSSR count). The molecule has 0 fully saturated rings. The first-order chi connectivity index (χ1) is 4.75. The van der Waals surface area contributed by atoms with Gasteiger partial charge >= 0.3 is 0 Å². The first-order valence-electron chi connectivity index (χ1n) is 3.15. The smallest absolute Gasteiger partial charge is 0.146 e. The summed E-state index contributed by atoms with van der Waals surface area (Å²) < 4.78 is 5.05. The van der Waals surface area contributed by atoms with Gasteiger partial charge in [-0.15, -0.1) is 0 Å². The predicted octanol–water partition coefficient (Wildman–Crippen LogP) is -0.464. The van der Waals surface area contributed by atoms with Crippen LogP contribution in [0.5, 0.6) is 5.75 Å². The van der Waals surface area contributed by atoms with Gasteiger partial charge in [0.1, 0.15) is 13.6 Å². The van der Waals surface area contributed by atoms with Crippen molar-refractivity contribution in [1.82, 2.24) is 0 Å². The highest BCUT2D eigenvalue weighted by atomic mass is 16.5. The van der Waals surface area contributed by atoms with Crippen molar-refractivity contribution in [2.45, 2.75) is 0 Å². The molecule has 1 aromatic rings. The van der Waals surface area contributed by atoms with Crippen LogP contribution in [0.4, 0.5) is 5.69 Å². The van der Waals surface area contributed by atoms with E-state index in [1.807, 2.05) is 26.0 Å². The van der Waals surface area contributed by atoms with Crippen molar-refractivity contribution in [2.75, 3.05) is 12.8 Å². The Hall–Kier alpha value is -1.12. The predicted molar refractivity (Wildman–Crippen MR) is 45.6 cm³/mol. The third kappa shape index (κ3) is 1.08. The number of hydrogen-bond donors (Lipinski definition) is 1. The van der Waals surface area contributed by atoms with Gasteiger partial charge in [0, 0.05) is 5.69 Å². The van der Waals surface area contributed by atoms with Gasteiger partial charge in [-0.3, -0.25) is 0 Å². The van der Waals surface area contributed by atoms with Gasteiger partial charge in [0.25, 0.3) is 0 Å². The molecule has 1 aromatic carbocycles. The standard InChI is InChI=1S/C7H10BNO/c1-10-6-4-2-3-5(9)7(6)8/h2-4H,8-9H2,1H3. The molecule has 2 nitrogen and oxygen atoms in total. The van der Waals surface area contributed by atoms with E-state index in [4.69, 9.17) is 10.5 Å². The van der Waals surface area contributed by atoms with Crippen molar-refractivity contribution < 1.29 is 4.74 Å². The molecule has 0 saturated heterocycles. The SMILES string of the molecule is Bc1c(N)cccc1OC. The zero-order chi connectivity index (χ0) is 7.56. The van der Waals surface area contributed by atoms with Crippen LogP contribution in [0.1, 0.15) is 0 Å².